The van der Waals surface area contributed by atoms with E-state index in [9.17, 15) is 4.79 Å². The number of nitrogens with one attached hydrogen (secondary N) is 1. The quantitative estimate of drug-likeness (QED) is 0.716. The first kappa shape index (κ1) is 12.7. The van der Waals surface area contributed by atoms with Crippen molar-refractivity contribution in [3.8, 4) is 0 Å². The molecule has 4 nitrogen and oxygen atoms in total. The topological polar surface area (TPSA) is 81.1 Å². The lowest BCUT2D eigenvalue weighted by molar-refractivity contribution is 0.100. The van der Waals surface area contributed by atoms with Crippen LogP contribution >= 0.6 is 15.9 Å². The molecule has 0 aliphatic carbocycles. The van der Waals surface area contributed by atoms with Crippen LogP contribution in [-0.4, -0.2) is 19.0 Å². The molecule has 0 saturated heterocycles. The Morgan fingerprint density at radius 3 is 2.81 bits per heavy atom. The summed E-state index contributed by atoms with van der Waals surface area (Å²) in [5.74, 6) is -0.460. The summed E-state index contributed by atoms with van der Waals surface area (Å²) in [6.07, 6.45) is 3.74. The second kappa shape index (κ2) is 6.30. The van der Waals surface area contributed by atoms with Crippen LogP contribution in [0.25, 0.3) is 0 Å². The first-order chi connectivity index (χ1) is 7.66. The predicted molar refractivity (Wildman–Crippen MR) is 69.3 cm³/mol. The molecule has 1 rings (SSSR count). The number of carbonyl (C=O) groups excluding carboxylic acids is 1. The average molecular weight is 284 g/mol. The lowest BCUT2D eigenvalue weighted by Gasteiger charge is -2.09. The van der Waals surface area contributed by atoms with E-state index in [0.717, 1.165) is 0 Å². The van der Waals surface area contributed by atoms with Crippen molar-refractivity contribution in [3.05, 3.63) is 40.4 Å². The van der Waals surface area contributed by atoms with Crippen LogP contribution in [0.5, 0.6) is 0 Å². The molecule has 0 saturated carbocycles. The van der Waals surface area contributed by atoms with Crippen molar-refractivity contribution in [1.29, 1.82) is 0 Å². The minimum absolute atomic E-state index is 0.460. The van der Waals surface area contributed by atoms with Crippen molar-refractivity contribution in [2.24, 2.45) is 11.5 Å². The van der Waals surface area contributed by atoms with Gasteiger partial charge in [-0.25, -0.2) is 0 Å². The minimum Gasteiger partial charge on any atom is -0.381 e. The number of hydrogen-bond acceptors (Lipinski definition) is 3. The van der Waals surface area contributed by atoms with Crippen LogP contribution in [0.15, 0.2) is 34.8 Å². The van der Waals surface area contributed by atoms with Gasteiger partial charge in [0.2, 0.25) is 0 Å². The zero-order valence-corrected chi connectivity index (χ0v) is 10.3. The highest BCUT2D eigenvalue weighted by atomic mass is 79.9. The fraction of sp³-hybridized carbons (Fsp3) is 0.182. The van der Waals surface area contributed by atoms with Gasteiger partial charge in [0, 0.05) is 23.2 Å². The van der Waals surface area contributed by atoms with Gasteiger partial charge >= 0.3 is 0 Å². The van der Waals surface area contributed by atoms with Crippen LogP contribution in [0.2, 0.25) is 0 Å². The summed E-state index contributed by atoms with van der Waals surface area (Å²) in [6, 6.07) is 5.42. The summed E-state index contributed by atoms with van der Waals surface area (Å²) >= 11 is 3.29. The van der Waals surface area contributed by atoms with Crippen LogP contribution in [0, 0.1) is 0 Å². The van der Waals surface area contributed by atoms with Crippen molar-refractivity contribution in [1.82, 2.24) is 0 Å². The Morgan fingerprint density at radius 2 is 2.19 bits per heavy atom. The van der Waals surface area contributed by atoms with Crippen LogP contribution in [0.4, 0.5) is 5.69 Å². The molecule has 0 radical (unpaired) electrons. The summed E-state index contributed by atoms with van der Waals surface area (Å²) in [6.45, 7) is 1.11. The van der Waals surface area contributed by atoms with E-state index >= 15 is 0 Å². The second-order valence-electron chi connectivity index (χ2n) is 3.11. The zero-order chi connectivity index (χ0) is 12.0. The summed E-state index contributed by atoms with van der Waals surface area (Å²) in [4.78, 5) is 11.2. The molecule has 0 atom stereocenters. The van der Waals surface area contributed by atoms with Gasteiger partial charge in [-0.3, -0.25) is 4.79 Å². The fourth-order valence-electron chi connectivity index (χ4n) is 1.27. The molecule has 0 heterocycles. The van der Waals surface area contributed by atoms with E-state index in [1.165, 1.54) is 0 Å². The number of amides is 1. The van der Waals surface area contributed by atoms with E-state index in [2.05, 4.69) is 21.2 Å². The van der Waals surface area contributed by atoms with Crippen LogP contribution in [-0.2, 0) is 0 Å². The van der Waals surface area contributed by atoms with Gasteiger partial charge in [-0.1, -0.05) is 18.2 Å². The predicted octanol–water partition coefficient (Wildman–Crippen LogP) is 1.47. The van der Waals surface area contributed by atoms with Crippen molar-refractivity contribution in [3.63, 3.8) is 0 Å². The van der Waals surface area contributed by atoms with Gasteiger partial charge in [-0.2, -0.15) is 0 Å². The molecule has 0 fully saturated rings. The maximum Gasteiger partial charge on any atom is 0.251 e. The molecule has 0 spiro atoms. The lowest BCUT2D eigenvalue weighted by atomic mass is 10.1. The number of carbonyl (C=O) groups is 1. The Bertz CT molecular complexity index is 404. The van der Waals surface area contributed by atoms with Crippen molar-refractivity contribution in [2.45, 2.75) is 0 Å². The summed E-state index contributed by atoms with van der Waals surface area (Å²) in [5.41, 5.74) is 11.8. The largest absolute Gasteiger partial charge is 0.381 e. The molecule has 0 unspecified atom stereocenters. The molecule has 0 bridgehead atoms. The Balaban J connectivity index is 2.83. The molecule has 16 heavy (non-hydrogen) atoms. The molecule has 86 valence electrons. The monoisotopic (exact) mass is 283 g/mol. The lowest BCUT2D eigenvalue weighted by Crippen LogP contribution is -2.15. The Kier molecular flexibility index (Phi) is 5.01. The number of halogens is 1. The maximum atomic E-state index is 11.2. The molecule has 1 aromatic carbocycles. The van der Waals surface area contributed by atoms with Crippen molar-refractivity contribution >= 4 is 27.5 Å². The number of rotatable bonds is 5. The number of benzene rings is 1. The molecule has 1 amide bonds. The molecule has 0 aliphatic heterocycles. The highest BCUT2D eigenvalue weighted by molar-refractivity contribution is 9.10. The molecule has 5 N–H and O–H groups in total. The van der Waals surface area contributed by atoms with Crippen molar-refractivity contribution < 1.29 is 4.79 Å². The Hall–Kier alpha value is -1.33. The second-order valence-corrected chi connectivity index (χ2v) is 3.97. The summed E-state index contributed by atoms with van der Waals surface area (Å²) in [5, 5.41) is 3.10. The number of anilines is 1. The van der Waals surface area contributed by atoms with E-state index in [4.69, 9.17) is 11.5 Å². The smallest absolute Gasteiger partial charge is 0.251 e. The van der Waals surface area contributed by atoms with Gasteiger partial charge in [-0.05, 0) is 28.1 Å². The fourth-order valence-corrected chi connectivity index (χ4v) is 1.83. The van der Waals surface area contributed by atoms with Crippen molar-refractivity contribution in [2.75, 3.05) is 18.4 Å². The molecule has 1 aromatic rings. The first-order valence-electron chi connectivity index (χ1n) is 4.84. The number of primary amides is 1. The average Bonchev–Trinajstić information content (AvgIpc) is 2.24. The van der Waals surface area contributed by atoms with Gasteiger partial charge in [-0.15, -0.1) is 0 Å². The Labute approximate surface area is 103 Å². The van der Waals surface area contributed by atoms with Gasteiger partial charge in [0.1, 0.15) is 0 Å². The Morgan fingerprint density at radius 1 is 1.44 bits per heavy atom. The van der Waals surface area contributed by atoms with E-state index in [1.807, 2.05) is 18.2 Å². The highest BCUT2D eigenvalue weighted by Gasteiger charge is 2.10. The van der Waals surface area contributed by atoms with E-state index in [1.54, 1.807) is 12.1 Å². The summed E-state index contributed by atoms with van der Waals surface area (Å²) in [7, 11) is 0. The summed E-state index contributed by atoms with van der Waals surface area (Å²) < 4.78 is 0.688. The van der Waals surface area contributed by atoms with Crippen LogP contribution < -0.4 is 16.8 Å². The third-order valence-corrected chi connectivity index (χ3v) is 2.63. The molecule has 5 heteroatoms. The maximum absolute atomic E-state index is 11.2. The third kappa shape index (κ3) is 3.36. The number of nitrogens with two attached hydrogens (primary N) is 2. The van der Waals surface area contributed by atoms with Gasteiger partial charge in [0.15, 0.2) is 0 Å². The standard InChI is InChI=1S/C11H14BrN3O/c12-8-4-3-5-9(10(8)11(14)16)15-7-2-1-6-13/h1-5,15H,6-7,13H2,(H2,14,16)/b2-1+. The van der Waals surface area contributed by atoms with E-state index < -0.39 is 5.91 Å². The number of hydrogen-bond donors (Lipinski definition) is 3. The molecular weight excluding hydrogens is 270 g/mol. The first-order valence-corrected chi connectivity index (χ1v) is 5.63. The molecule has 0 aromatic heterocycles. The van der Waals surface area contributed by atoms with Crippen LogP contribution in [0.3, 0.4) is 0 Å². The zero-order valence-electron chi connectivity index (χ0n) is 8.74. The normalized spacial score (nSPS) is 10.6. The molecule has 0 aliphatic rings. The van der Waals surface area contributed by atoms with Gasteiger partial charge in [0.05, 0.1) is 5.56 Å². The third-order valence-electron chi connectivity index (χ3n) is 1.97. The van der Waals surface area contributed by atoms with E-state index in [-0.39, 0.29) is 0 Å². The van der Waals surface area contributed by atoms with Gasteiger partial charge in [0.25, 0.3) is 5.91 Å². The SMILES string of the molecule is NC/C=C/CNc1cccc(Br)c1C(N)=O. The highest BCUT2D eigenvalue weighted by Crippen LogP contribution is 2.23. The molecular formula is C11H14BrN3O. The van der Waals surface area contributed by atoms with Gasteiger partial charge < -0.3 is 16.8 Å². The van der Waals surface area contributed by atoms with E-state index in [0.29, 0.717) is 28.8 Å². The minimum atomic E-state index is -0.460. The van der Waals surface area contributed by atoms with Crippen LogP contribution in [0.1, 0.15) is 10.4 Å².